The number of aromatic nitrogens is 2. The molecule has 0 aliphatic heterocycles. The minimum Gasteiger partial charge on any atom is -0.361 e. The summed E-state index contributed by atoms with van der Waals surface area (Å²) in [5, 5.41) is 3.32. The predicted octanol–water partition coefficient (Wildman–Crippen LogP) is 1.58. The van der Waals surface area contributed by atoms with Crippen LogP contribution in [-0.4, -0.2) is 41.1 Å². The molecule has 0 aromatic carbocycles. The lowest BCUT2D eigenvalue weighted by molar-refractivity contribution is 0.344. The second-order valence-electron chi connectivity index (χ2n) is 5.98. The third kappa shape index (κ3) is 3.56. The summed E-state index contributed by atoms with van der Waals surface area (Å²) < 4.78 is 1.81. The number of hydrogen-bond donors (Lipinski definition) is 1. The normalized spacial score (nSPS) is 16.9. The summed E-state index contributed by atoms with van der Waals surface area (Å²) in [6, 6.07) is 0.618. The molecule has 1 heterocycles. The van der Waals surface area contributed by atoms with Crippen LogP contribution in [0.1, 0.15) is 32.7 Å². The molecule has 19 heavy (non-hydrogen) atoms. The summed E-state index contributed by atoms with van der Waals surface area (Å²) in [4.78, 5) is 18.7. The summed E-state index contributed by atoms with van der Waals surface area (Å²) >= 11 is 0. The Balaban J connectivity index is 2.16. The molecule has 1 aliphatic carbocycles. The van der Waals surface area contributed by atoms with Gasteiger partial charge in [-0.1, -0.05) is 13.8 Å². The molecule has 1 saturated carbocycles. The first-order valence-electron chi connectivity index (χ1n) is 6.97. The molecule has 0 spiro atoms. The van der Waals surface area contributed by atoms with Gasteiger partial charge in [-0.3, -0.25) is 4.79 Å². The molecule has 2 rings (SSSR count). The Morgan fingerprint density at radius 1 is 1.47 bits per heavy atom. The van der Waals surface area contributed by atoms with E-state index < -0.39 is 0 Å². The van der Waals surface area contributed by atoms with Crippen LogP contribution in [0.4, 0.5) is 5.82 Å². The van der Waals surface area contributed by atoms with E-state index in [1.54, 1.807) is 12.4 Å². The van der Waals surface area contributed by atoms with Crippen LogP contribution >= 0.6 is 0 Å². The van der Waals surface area contributed by atoms with Crippen LogP contribution in [-0.2, 0) is 0 Å². The van der Waals surface area contributed by atoms with E-state index in [1.165, 1.54) is 0 Å². The van der Waals surface area contributed by atoms with Gasteiger partial charge in [0.15, 0.2) is 5.82 Å². The van der Waals surface area contributed by atoms with Gasteiger partial charge in [-0.2, -0.15) is 0 Å². The first-order valence-corrected chi connectivity index (χ1v) is 6.97. The lowest BCUT2D eigenvalue weighted by atomic mass is 10.0. The highest BCUT2D eigenvalue weighted by Crippen LogP contribution is 2.33. The monoisotopic (exact) mass is 264 g/mol. The van der Waals surface area contributed by atoms with Crippen LogP contribution in [0.5, 0.6) is 0 Å². The van der Waals surface area contributed by atoms with Crippen LogP contribution in [0.3, 0.4) is 0 Å². The molecule has 5 heteroatoms. The van der Waals surface area contributed by atoms with E-state index in [2.05, 4.69) is 29.0 Å². The van der Waals surface area contributed by atoms with Gasteiger partial charge in [-0.25, -0.2) is 4.98 Å². The molecular weight excluding hydrogens is 240 g/mol. The lowest BCUT2D eigenvalue weighted by Crippen LogP contribution is -2.39. The Hall–Kier alpha value is -1.36. The predicted molar refractivity (Wildman–Crippen MR) is 77.6 cm³/mol. The zero-order valence-corrected chi connectivity index (χ0v) is 12.3. The molecule has 1 atom stereocenters. The Labute approximate surface area is 114 Å². The van der Waals surface area contributed by atoms with Crippen molar-refractivity contribution in [1.82, 2.24) is 14.5 Å². The van der Waals surface area contributed by atoms with Crippen molar-refractivity contribution in [2.24, 2.45) is 5.92 Å². The highest BCUT2D eigenvalue weighted by atomic mass is 16.1. The van der Waals surface area contributed by atoms with Crippen molar-refractivity contribution < 1.29 is 0 Å². The summed E-state index contributed by atoms with van der Waals surface area (Å²) in [5.74, 6) is 0.924. The van der Waals surface area contributed by atoms with Crippen molar-refractivity contribution in [3.05, 3.63) is 22.7 Å². The van der Waals surface area contributed by atoms with Crippen LogP contribution in [0.15, 0.2) is 17.2 Å². The van der Waals surface area contributed by atoms with Crippen molar-refractivity contribution in [1.29, 1.82) is 0 Å². The van der Waals surface area contributed by atoms with Gasteiger partial charge in [-0.05, 0) is 32.9 Å². The Morgan fingerprint density at radius 3 is 2.68 bits per heavy atom. The fourth-order valence-corrected chi connectivity index (χ4v) is 2.16. The average Bonchev–Trinajstić information content (AvgIpc) is 3.14. The number of likely N-dealkylation sites (N-methyl/N-ethyl adjacent to an activating group) is 1. The third-order valence-electron chi connectivity index (χ3n) is 3.50. The maximum atomic E-state index is 12.3. The number of rotatable bonds is 6. The molecule has 1 N–H and O–H groups in total. The first kappa shape index (κ1) is 14.1. The molecule has 106 valence electrons. The molecular formula is C14H24N4O. The van der Waals surface area contributed by atoms with Gasteiger partial charge in [0.2, 0.25) is 0 Å². The maximum absolute atomic E-state index is 12.3. The van der Waals surface area contributed by atoms with Gasteiger partial charge in [0.1, 0.15) is 0 Å². The fraction of sp³-hybridized carbons (Fsp3) is 0.714. The van der Waals surface area contributed by atoms with Gasteiger partial charge < -0.3 is 14.8 Å². The van der Waals surface area contributed by atoms with Gasteiger partial charge in [0.25, 0.3) is 5.56 Å². The minimum atomic E-state index is 0.00871. The van der Waals surface area contributed by atoms with Crippen molar-refractivity contribution in [3.63, 3.8) is 0 Å². The summed E-state index contributed by atoms with van der Waals surface area (Å²) in [6.07, 6.45) is 5.72. The summed E-state index contributed by atoms with van der Waals surface area (Å²) in [5.41, 5.74) is 0.00871. The van der Waals surface area contributed by atoms with E-state index in [4.69, 9.17) is 0 Å². The molecule has 1 aromatic heterocycles. The molecule has 0 saturated heterocycles. The number of nitrogens with one attached hydrogen (secondary N) is 1. The van der Waals surface area contributed by atoms with Gasteiger partial charge in [-0.15, -0.1) is 0 Å². The second-order valence-corrected chi connectivity index (χ2v) is 5.98. The smallest absolute Gasteiger partial charge is 0.293 e. The summed E-state index contributed by atoms with van der Waals surface area (Å²) in [6.45, 7) is 5.20. The average molecular weight is 264 g/mol. The molecule has 1 aliphatic rings. The fourth-order valence-electron chi connectivity index (χ4n) is 2.16. The zero-order chi connectivity index (χ0) is 14.0. The Kier molecular flexibility index (Phi) is 4.24. The van der Waals surface area contributed by atoms with Crippen LogP contribution in [0.2, 0.25) is 0 Å². The quantitative estimate of drug-likeness (QED) is 0.847. The lowest BCUT2D eigenvalue weighted by Gasteiger charge is -2.25. The van der Waals surface area contributed by atoms with E-state index in [1.807, 2.05) is 18.7 Å². The van der Waals surface area contributed by atoms with Crippen molar-refractivity contribution in [3.8, 4) is 0 Å². The van der Waals surface area contributed by atoms with Crippen molar-refractivity contribution in [2.45, 2.75) is 38.8 Å². The van der Waals surface area contributed by atoms with Gasteiger partial charge >= 0.3 is 0 Å². The van der Waals surface area contributed by atoms with E-state index in [0.717, 1.165) is 19.4 Å². The topological polar surface area (TPSA) is 50.2 Å². The van der Waals surface area contributed by atoms with Crippen molar-refractivity contribution in [2.75, 3.05) is 26.0 Å². The van der Waals surface area contributed by atoms with Crippen LogP contribution in [0, 0.1) is 5.92 Å². The van der Waals surface area contributed by atoms with Gasteiger partial charge in [0, 0.05) is 31.0 Å². The summed E-state index contributed by atoms with van der Waals surface area (Å²) in [7, 11) is 4.08. The van der Waals surface area contributed by atoms with Crippen LogP contribution in [0.25, 0.3) is 0 Å². The highest BCUT2D eigenvalue weighted by molar-refractivity contribution is 5.33. The second kappa shape index (κ2) is 5.74. The van der Waals surface area contributed by atoms with Gasteiger partial charge in [0.05, 0.1) is 0 Å². The largest absolute Gasteiger partial charge is 0.361 e. The molecule has 0 bridgehead atoms. The number of hydrogen-bond acceptors (Lipinski definition) is 4. The first-order chi connectivity index (χ1) is 8.99. The molecule has 0 amide bonds. The minimum absolute atomic E-state index is 0.00871. The third-order valence-corrected chi connectivity index (χ3v) is 3.50. The number of anilines is 1. The molecule has 5 nitrogen and oxygen atoms in total. The zero-order valence-electron chi connectivity index (χ0n) is 12.3. The van der Waals surface area contributed by atoms with Crippen molar-refractivity contribution >= 4 is 5.82 Å². The van der Waals surface area contributed by atoms with E-state index in [0.29, 0.717) is 17.8 Å². The number of nitrogens with zero attached hydrogens (tertiary/aromatic N) is 3. The van der Waals surface area contributed by atoms with E-state index in [-0.39, 0.29) is 11.6 Å². The van der Waals surface area contributed by atoms with E-state index in [9.17, 15) is 4.79 Å². The molecule has 1 fully saturated rings. The maximum Gasteiger partial charge on any atom is 0.293 e. The molecule has 0 radical (unpaired) electrons. The van der Waals surface area contributed by atoms with Crippen LogP contribution < -0.4 is 10.9 Å². The SMILES string of the molecule is CC(C)C(CN(C)C)Nc1nccn(C2CC2)c1=O. The highest BCUT2D eigenvalue weighted by Gasteiger charge is 2.26. The standard InChI is InChI=1S/C14H24N4O/c1-10(2)12(9-17(3)4)16-13-14(19)18(8-7-15-13)11-5-6-11/h7-8,10-12H,5-6,9H2,1-4H3,(H,15,16). The Bertz CT molecular complexity index is 477. The Morgan fingerprint density at radius 2 is 2.16 bits per heavy atom. The molecule has 1 aromatic rings. The molecule has 1 unspecified atom stereocenters. The van der Waals surface area contributed by atoms with E-state index >= 15 is 0 Å².